The Balaban J connectivity index is 1.55. The number of amides is 1. The lowest BCUT2D eigenvalue weighted by Crippen LogP contribution is -2.31. The van der Waals surface area contributed by atoms with Crippen molar-refractivity contribution in [1.29, 1.82) is 0 Å². The smallest absolute Gasteiger partial charge is 0.233 e. The van der Waals surface area contributed by atoms with Crippen LogP contribution < -0.4 is 4.74 Å². The van der Waals surface area contributed by atoms with E-state index >= 15 is 0 Å². The minimum absolute atomic E-state index is 0.0678. The van der Waals surface area contributed by atoms with Crippen LogP contribution in [0.2, 0.25) is 5.02 Å². The van der Waals surface area contributed by atoms with E-state index in [0.717, 1.165) is 5.56 Å². The number of benzene rings is 2. The van der Waals surface area contributed by atoms with Crippen molar-refractivity contribution in [3.05, 3.63) is 71.0 Å². The van der Waals surface area contributed by atoms with Crippen LogP contribution in [0.1, 0.15) is 18.3 Å². The summed E-state index contributed by atoms with van der Waals surface area (Å²) in [5.41, 5.74) is 1.12. The van der Waals surface area contributed by atoms with Gasteiger partial charge < -0.3 is 14.2 Å². The maximum absolute atomic E-state index is 12.6. The van der Waals surface area contributed by atoms with Gasteiger partial charge in [-0.2, -0.15) is 0 Å². The topological polar surface area (TPSA) is 60.3 Å². The quantitative estimate of drug-likeness (QED) is 0.476. The van der Waals surface area contributed by atoms with Gasteiger partial charge in [0, 0.05) is 20.1 Å². The van der Waals surface area contributed by atoms with Gasteiger partial charge in [-0.3, -0.25) is 4.79 Å². The molecule has 0 unspecified atom stereocenters. The molecule has 0 N–H and O–H groups in total. The fraction of sp³-hybridized carbons (Fsp3) is 0.286. The number of para-hydroxylation sites is 1. The van der Waals surface area contributed by atoms with Crippen LogP contribution >= 0.6 is 23.4 Å². The second kappa shape index (κ2) is 10.3. The summed E-state index contributed by atoms with van der Waals surface area (Å²) in [6.45, 7) is 3.49. The molecule has 0 bridgehead atoms. The van der Waals surface area contributed by atoms with Crippen molar-refractivity contribution in [3.63, 3.8) is 0 Å². The molecule has 0 saturated carbocycles. The minimum atomic E-state index is 0.0678. The molecule has 0 saturated heterocycles. The molecule has 0 aliphatic carbocycles. The Kier molecular flexibility index (Phi) is 7.55. The number of aromatic nitrogens is 3. The summed E-state index contributed by atoms with van der Waals surface area (Å²) in [6.07, 6.45) is 0. The van der Waals surface area contributed by atoms with Gasteiger partial charge in [0.2, 0.25) is 5.91 Å². The van der Waals surface area contributed by atoms with Crippen molar-refractivity contribution in [2.24, 2.45) is 7.05 Å². The first kappa shape index (κ1) is 21.2. The first-order valence-corrected chi connectivity index (χ1v) is 10.6. The molecule has 0 aliphatic rings. The number of carbonyl (C=O) groups excluding carboxylic acids is 1. The summed E-state index contributed by atoms with van der Waals surface area (Å²) in [7, 11) is 1.86. The van der Waals surface area contributed by atoms with Gasteiger partial charge in [-0.05, 0) is 24.6 Å². The molecule has 0 spiro atoms. The van der Waals surface area contributed by atoms with Gasteiger partial charge in [0.1, 0.15) is 12.4 Å². The number of thioether (sulfide) groups is 1. The Morgan fingerprint density at radius 3 is 2.59 bits per heavy atom. The van der Waals surface area contributed by atoms with E-state index in [1.807, 2.05) is 65.9 Å². The van der Waals surface area contributed by atoms with Crippen LogP contribution in [0.25, 0.3) is 0 Å². The van der Waals surface area contributed by atoms with Crippen LogP contribution in [0.3, 0.4) is 0 Å². The van der Waals surface area contributed by atoms with Crippen molar-refractivity contribution in [3.8, 4) is 5.75 Å². The number of halogens is 1. The molecular weight excluding hydrogens is 408 g/mol. The molecule has 0 atom stereocenters. The van der Waals surface area contributed by atoms with Crippen LogP contribution in [-0.4, -0.2) is 37.9 Å². The highest BCUT2D eigenvalue weighted by Crippen LogP contribution is 2.24. The fourth-order valence-electron chi connectivity index (χ4n) is 2.70. The number of nitrogens with zero attached hydrogens (tertiary/aromatic N) is 4. The zero-order valence-electron chi connectivity index (χ0n) is 16.4. The standard InChI is InChI=1S/C21H23ClN4O2S/c1-3-26(13-16-9-5-4-6-10-16)20(27)15-29-21-24-23-19(25(21)2)14-28-18-12-8-7-11-17(18)22/h4-12H,3,13-15H2,1-2H3. The van der Waals surface area contributed by atoms with Crippen molar-refractivity contribution in [2.75, 3.05) is 12.3 Å². The molecule has 0 aliphatic heterocycles. The summed E-state index contributed by atoms with van der Waals surface area (Å²) >= 11 is 7.48. The molecule has 3 rings (SSSR count). The average Bonchev–Trinajstić information content (AvgIpc) is 3.10. The predicted molar refractivity (Wildman–Crippen MR) is 115 cm³/mol. The summed E-state index contributed by atoms with van der Waals surface area (Å²) < 4.78 is 7.56. The van der Waals surface area contributed by atoms with Crippen LogP contribution in [0.15, 0.2) is 59.8 Å². The van der Waals surface area contributed by atoms with Gasteiger partial charge in [0.25, 0.3) is 0 Å². The molecule has 8 heteroatoms. The Bertz CT molecular complexity index is 949. The lowest BCUT2D eigenvalue weighted by atomic mass is 10.2. The number of hydrogen-bond donors (Lipinski definition) is 0. The van der Waals surface area contributed by atoms with Gasteiger partial charge in [-0.25, -0.2) is 0 Å². The van der Waals surface area contributed by atoms with Crippen molar-refractivity contribution in [2.45, 2.75) is 25.2 Å². The van der Waals surface area contributed by atoms with E-state index < -0.39 is 0 Å². The third-order valence-electron chi connectivity index (χ3n) is 4.39. The maximum Gasteiger partial charge on any atom is 0.233 e. The first-order valence-electron chi connectivity index (χ1n) is 9.28. The third kappa shape index (κ3) is 5.74. The molecule has 29 heavy (non-hydrogen) atoms. The lowest BCUT2D eigenvalue weighted by molar-refractivity contribution is -0.128. The molecule has 2 aromatic carbocycles. The highest BCUT2D eigenvalue weighted by atomic mass is 35.5. The second-order valence-electron chi connectivity index (χ2n) is 6.36. The summed E-state index contributed by atoms with van der Waals surface area (Å²) in [5.74, 6) is 1.63. The van der Waals surface area contributed by atoms with E-state index in [-0.39, 0.29) is 12.5 Å². The zero-order chi connectivity index (χ0) is 20.6. The Labute approximate surface area is 179 Å². The van der Waals surface area contributed by atoms with Gasteiger partial charge >= 0.3 is 0 Å². The van der Waals surface area contributed by atoms with Gasteiger partial charge in [-0.15, -0.1) is 10.2 Å². The highest BCUT2D eigenvalue weighted by Gasteiger charge is 2.16. The predicted octanol–water partition coefficient (Wildman–Crippen LogP) is 4.19. The Morgan fingerprint density at radius 1 is 1.14 bits per heavy atom. The average molecular weight is 431 g/mol. The van der Waals surface area contributed by atoms with E-state index in [0.29, 0.717) is 40.6 Å². The van der Waals surface area contributed by atoms with E-state index in [1.165, 1.54) is 11.8 Å². The molecular formula is C21H23ClN4O2S. The van der Waals surface area contributed by atoms with Crippen molar-refractivity contribution in [1.82, 2.24) is 19.7 Å². The van der Waals surface area contributed by atoms with Gasteiger partial charge in [0.15, 0.2) is 11.0 Å². The normalized spacial score (nSPS) is 10.7. The molecule has 152 valence electrons. The molecule has 1 aromatic heterocycles. The summed E-state index contributed by atoms with van der Waals surface area (Å²) in [6, 6.07) is 17.3. The van der Waals surface area contributed by atoms with Crippen LogP contribution in [0.5, 0.6) is 5.75 Å². The number of hydrogen-bond acceptors (Lipinski definition) is 5. The monoisotopic (exact) mass is 430 g/mol. The van der Waals surface area contributed by atoms with Gasteiger partial charge in [-0.1, -0.05) is 65.8 Å². The number of carbonyl (C=O) groups is 1. The van der Waals surface area contributed by atoms with Crippen LogP contribution in [0.4, 0.5) is 0 Å². The minimum Gasteiger partial charge on any atom is -0.484 e. The lowest BCUT2D eigenvalue weighted by Gasteiger charge is -2.20. The molecule has 1 amide bonds. The van der Waals surface area contributed by atoms with Gasteiger partial charge in [0.05, 0.1) is 10.8 Å². The van der Waals surface area contributed by atoms with Crippen LogP contribution in [0, 0.1) is 0 Å². The summed E-state index contributed by atoms with van der Waals surface area (Å²) in [4.78, 5) is 14.5. The Morgan fingerprint density at radius 2 is 1.86 bits per heavy atom. The number of ether oxygens (including phenoxy) is 1. The molecule has 6 nitrogen and oxygen atoms in total. The van der Waals surface area contributed by atoms with Crippen molar-refractivity contribution >= 4 is 29.3 Å². The Hall–Kier alpha value is -2.51. The van der Waals surface area contributed by atoms with E-state index in [1.54, 1.807) is 12.1 Å². The van der Waals surface area contributed by atoms with Crippen LogP contribution in [-0.2, 0) is 25.0 Å². The first-order chi connectivity index (χ1) is 14.1. The largest absolute Gasteiger partial charge is 0.484 e. The third-order valence-corrected chi connectivity index (χ3v) is 5.71. The van der Waals surface area contributed by atoms with E-state index in [4.69, 9.17) is 16.3 Å². The highest BCUT2D eigenvalue weighted by molar-refractivity contribution is 7.99. The molecule has 1 heterocycles. The zero-order valence-corrected chi connectivity index (χ0v) is 18.0. The molecule has 0 fully saturated rings. The fourth-order valence-corrected chi connectivity index (χ4v) is 3.72. The SMILES string of the molecule is CCN(Cc1ccccc1)C(=O)CSc1nnc(COc2ccccc2Cl)n1C. The number of rotatable bonds is 9. The van der Waals surface area contributed by atoms with Crippen molar-refractivity contribution < 1.29 is 9.53 Å². The molecule has 3 aromatic rings. The molecule has 0 radical (unpaired) electrons. The van der Waals surface area contributed by atoms with E-state index in [9.17, 15) is 4.79 Å². The maximum atomic E-state index is 12.6. The van der Waals surface area contributed by atoms with E-state index in [2.05, 4.69) is 10.2 Å². The second-order valence-corrected chi connectivity index (χ2v) is 7.71. The summed E-state index contributed by atoms with van der Waals surface area (Å²) in [5, 5.41) is 9.58.